The summed E-state index contributed by atoms with van der Waals surface area (Å²) in [6.07, 6.45) is 10.6. The van der Waals surface area contributed by atoms with Crippen LogP contribution in [0.15, 0.2) is 12.2 Å². The molecule has 4 saturated carbocycles. The van der Waals surface area contributed by atoms with Gasteiger partial charge in [0.2, 0.25) is 0 Å². The van der Waals surface area contributed by atoms with Crippen molar-refractivity contribution >= 4 is 0 Å². The van der Waals surface area contributed by atoms with E-state index in [9.17, 15) is 10.2 Å². The highest BCUT2D eigenvalue weighted by Gasteiger charge is 2.61. The molecule has 0 unspecified atom stereocenters. The van der Waals surface area contributed by atoms with Crippen LogP contribution in [-0.4, -0.2) is 22.9 Å². The van der Waals surface area contributed by atoms with Crippen LogP contribution in [0, 0.1) is 40.4 Å². The minimum Gasteiger partial charge on any atom is -0.396 e. The van der Waals surface area contributed by atoms with E-state index in [0.717, 1.165) is 31.1 Å². The van der Waals surface area contributed by atoms with Gasteiger partial charge < -0.3 is 10.2 Å². The van der Waals surface area contributed by atoms with Crippen LogP contribution in [0.4, 0.5) is 0 Å². The van der Waals surface area contributed by atoms with Crippen molar-refractivity contribution in [1.29, 1.82) is 0 Å². The summed E-state index contributed by atoms with van der Waals surface area (Å²) >= 11 is 0. The Hall–Kier alpha value is -0.340. The highest BCUT2D eigenvalue weighted by atomic mass is 16.3. The number of rotatable bonds is 2. The third-order valence-electron chi connectivity index (χ3n) is 9.23. The Morgan fingerprint density at radius 1 is 1.04 bits per heavy atom. The van der Waals surface area contributed by atoms with E-state index in [1.165, 1.54) is 44.1 Å². The van der Waals surface area contributed by atoms with Gasteiger partial charge in [0.05, 0.1) is 6.10 Å². The molecule has 0 radical (unpaired) electrons. The van der Waals surface area contributed by atoms with E-state index in [2.05, 4.69) is 20.4 Å². The van der Waals surface area contributed by atoms with Crippen molar-refractivity contribution in [3.05, 3.63) is 12.2 Å². The van der Waals surface area contributed by atoms with Gasteiger partial charge in [0.25, 0.3) is 0 Å². The van der Waals surface area contributed by atoms with Gasteiger partial charge in [-0.3, -0.25) is 0 Å². The normalized spacial score (nSPS) is 53.8. The summed E-state index contributed by atoms with van der Waals surface area (Å²) in [6.45, 7) is 9.44. The summed E-state index contributed by atoms with van der Waals surface area (Å²) in [5, 5.41) is 20.6. The van der Waals surface area contributed by atoms with Crippen molar-refractivity contribution in [3.63, 3.8) is 0 Å². The molecule has 0 aliphatic heterocycles. The van der Waals surface area contributed by atoms with Gasteiger partial charge in [0.15, 0.2) is 0 Å². The molecule has 2 N–H and O–H groups in total. The van der Waals surface area contributed by atoms with Crippen LogP contribution in [0.5, 0.6) is 0 Å². The van der Waals surface area contributed by atoms with Gasteiger partial charge in [-0.2, -0.15) is 0 Å². The van der Waals surface area contributed by atoms with Gasteiger partial charge in [-0.25, -0.2) is 0 Å². The smallest absolute Gasteiger partial charge is 0.0543 e. The fraction of sp³-hybridized carbons (Fsp3) is 0.909. The Morgan fingerprint density at radius 2 is 1.83 bits per heavy atom. The van der Waals surface area contributed by atoms with Gasteiger partial charge in [-0.15, -0.1) is 0 Å². The summed E-state index contributed by atoms with van der Waals surface area (Å²) in [5.74, 6) is 3.58. The van der Waals surface area contributed by atoms with Gasteiger partial charge >= 0.3 is 0 Å². The molecule has 0 aromatic heterocycles. The molecule has 0 aromatic rings. The Kier molecular flexibility index (Phi) is 4.16. The number of aliphatic hydroxyl groups excluding tert-OH is 2. The summed E-state index contributed by atoms with van der Waals surface area (Å²) in [7, 11) is 0. The Morgan fingerprint density at radius 3 is 2.54 bits per heavy atom. The molecule has 0 heterocycles. The predicted molar refractivity (Wildman–Crippen MR) is 97.4 cm³/mol. The van der Waals surface area contributed by atoms with E-state index >= 15 is 0 Å². The quantitative estimate of drug-likeness (QED) is 0.728. The summed E-state index contributed by atoms with van der Waals surface area (Å²) < 4.78 is 0. The van der Waals surface area contributed by atoms with Crippen LogP contribution in [0.25, 0.3) is 0 Å². The fourth-order valence-electron chi connectivity index (χ4n) is 8.15. The van der Waals surface area contributed by atoms with Crippen molar-refractivity contribution in [2.45, 2.75) is 77.7 Å². The standard InChI is InChI=1S/C22H36O2/c1-14(2)18-6-7-19-17-5-4-15-12-16(24)8-11-22(15,13-23)20(17)9-10-21(18,19)3/h15-20,23-24H,1,4-13H2,2-3H3/t15-,16+,17-,18+,19-,20-,21+,22+/m0/s1. The zero-order valence-electron chi connectivity index (χ0n) is 15.6. The first kappa shape index (κ1) is 17.1. The predicted octanol–water partition coefficient (Wildman–Crippen LogP) is 4.55. The number of allylic oxidation sites excluding steroid dienone is 1. The molecule has 8 atom stereocenters. The summed E-state index contributed by atoms with van der Waals surface area (Å²) in [4.78, 5) is 0. The van der Waals surface area contributed by atoms with Crippen LogP contribution < -0.4 is 0 Å². The first-order chi connectivity index (χ1) is 11.4. The average molecular weight is 333 g/mol. The van der Waals surface area contributed by atoms with Crippen LogP contribution in [0.3, 0.4) is 0 Å². The third-order valence-corrected chi connectivity index (χ3v) is 9.23. The van der Waals surface area contributed by atoms with Crippen molar-refractivity contribution in [2.24, 2.45) is 40.4 Å². The van der Waals surface area contributed by atoms with Crippen LogP contribution in [0.1, 0.15) is 71.6 Å². The minimum atomic E-state index is -0.126. The fourth-order valence-corrected chi connectivity index (χ4v) is 8.15. The van der Waals surface area contributed by atoms with Crippen LogP contribution >= 0.6 is 0 Å². The van der Waals surface area contributed by atoms with Crippen molar-refractivity contribution in [3.8, 4) is 0 Å². The minimum absolute atomic E-state index is 0.116. The highest BCUT2D eigenvalue weighted by Crippen LogP contribution is 2.68. The number of aliphatic hydroxyl groups is 2. The second-order valence-corrected chi connectivity index (χ2v) is 9.99. The zero-order chi connectivity index (χ0) is 17.1. The second-order valence-electron chi connectivity index (χ2n) is 9.99. The lowest BCUT2D eigenvalue weighted by atomic mass is 9.44. The number of fused-ring (bicyclic) bond motifs is 5. The Labute approximate surface area is 147 Å². The Bertz CT molecular complexity index is 514. The Balaban J connectivity index is 1.64. The largest absolute Gasteiger partial charge is 0.396 e. The maximum Gasteiger partial charge on any atom is 0.0543 e. The van der Waals surface area contributed by atoms with Crippen molar-refractivity contribution in [2.75, 3.05) is 6.61 Å². The molecule has 0 spiro atoms. The molecule has 24 heavy (non-hydrogen) atoms. The summed E-state index contributed by atoms with van der Waals surface area (Å²) in [6, 6.07) is 0. The maximum absolute atomic E-state index is 10.5. The lowest BCUT2D eigenvalue weighted by molar-refractivity contribution is -0.152. The molecular formula is C22H36O2. The van der Waals surface area contributed by atoms with Gasteiger partial charge in [-0.05, 0) is 105 Å². The molecule has 4 aliphatic rings. The molecule has 0 aromatic carbocycles. The van der Waals surface area contributed by atoms with E-state index < -0.39 is 0 Å². The van der Waals surface area contributed by atoms with E-state index in [1.807, 2.05) is 0 Å². The van der Waals surface area contributed by atoms with Crippen molar-refractivity contribution < 1.29 is 10.2 Å². The second kappa shape index (κ2) is 5.84. The molecule has 0 saturated heterocycles. The van der Waals surface area contributed by atoms with Crippen LogP contribution in [0.2, 0.25) is 0 Å². The molecule has 2 nitrogen and oxygen atoms in total. The average Bonchev–Trinajstić information content (AvgIpc) is 2.91. The molecule has 136 valence electrons. The third kappa shape index (κ3) is 2.21. The van der Waals surface area contributed by atoms with Gasteiger partial charge in [0.1, 0.15) is 0 Å². The van der Waals surface area contributed by atoms with E-state index in [4.69, 9.17) is 0 Å². The van der Waals surface area contributed by atoms with Gasteiger partial charge in [-0.1, -0.05) is 19.1 Å². The van der Waals surface area contributed by atoms with E-state index in [-0.39, 0.29) is 11.5 Å². The molecule has 4 aliphatic carbocycles. The summed E-state index contributed by atoms with van der Waals surface area (Å²) in [5.41, 5.74) is 1.96. The monoisotopic (exact) mass is 332 g/mol. The number of hydrogen-bond acceptors (Lipinski definition) is 2. The van der Waals surface area contributed by atoms with Gasteiger partial charge in [0, 0.05) is 6.61 Å². The van der Waals surface area contributed by atoms with Crippen LogP contribution in [-0.2, 0) is 0 Å². The lowest BCUT2D eigenvalue weighted by Crippen LogP contribution is -2.56. The lowest BCUT2D eigenvalue weighted by Gasteiger charge is -2.61. The molecule has 2 heteroatoms. The highest BCUT2D eigenvalue weighted by molar-refractivity contribution is 5.15. The molecule has 4 fully saturated rings. The van der Waals surface area contributed by atoms with E-state index in [0.29, 0.717) is 29.8 Å². The first-order valence-corrected chi connectivity index (χ1v) is 10.4. The van der Waals surface area contributed by atoms with Crippen molar-refractivity contribution in [1.82, 2.24) is 0 Å². The molecular weight excluding hydrogens is 296 g/mol. The zero-order valence-corrected chi connectivity index (χ0v) is 15.6. The molecule has 0 bridgehead atoms. The molecule has 0 amide bonds. The molecule has 4 rings (SSSR count). The SMILES string of the molecule is C=C(C)[C@H]1CC[C@H]2[C@@H]3CC[C@H]4C[C@H](O)CC[C@]4(CO)[C@H]3CC[C@]12C. The van der Waals surface area contributed by atoms with E-state index in [1.54, 1.807) is 0 Å². The topological polar surface area (TPSA) is 40.5 Å². The first-order valence-electron chi connectivity index (χ1n) is 10.4. The maximum atomic E-state index is 10.5. The number of hydrogen-bond donors (Lipinski definition) is 2.